The zero-order valence-electron chi connectivity index (χ0n) is 17.9. The van der Waals surface area contributed by atoms with Gasteiger partial charge >= 0.3 is 0 Å². The molecular weight excluding hydrogens is 419 g/mol. The number of carbonyl (C=O) groups excluding carboxylic acids is 1. The second-order valence-electron chi connectivity index (χ2n) is 8.89. The van der Waals surface area contributed by atoms with Crippen molar-refractivity contribution in [3.8, 4) is 6.07 Å². The lowest BCUT2D eigenvalue weighted by Crippen LogP contribution is -2.64. The van der Waals surface area contributed by atoms with E-state index in [1.165, 1.54) is 18.2 Å². The fourth-order valence-electron chi connectivity index (χ4n) is 4.24. The molecule has 1 heterocycles. The van der Waals surface area contributed by atoms with Crippen molar-refractivity contribution in [2.24, 2.45) is 16.6 Å². The number of allylic oxidation sites excluding steroid dienone is 1. The van der Waals surface area contributed by atoms with Crippen LogP contribution >= 0.6 is 0 Å². The first-order valence-corrected chi connectivity index (χ1v) is 12.0. The van der Waals surface area contributed by atoms with Crippen molar-refractivity contribution in [2.45, 2.75) is 51.6 Å². The zero-order chi connectivity index (χ0) is 23.0. The molecule has 0 spiro atoms. The molecule has 166 valence electrons. The van der Waals surface area contributed by atoms with Gasteiger partial charge in [0.1, 0.15) is 5.82 Å². The van der Waals surface area contributed by atoms with Gasteiger partial charge in [0.2, 0.25) is 5.91 Å². The number of nitriles is 1. The second kappa shape index (κ2) is 8.42. The number of hydrogen-bond acceptors (Lipinski definition) is 6. The van der Waals surface area contributed by atoms with Gasteiger partial charge in [-0.25, -0.2) is 12.8 Å². The fraction of sp³-hybridized carbons (Fsp3) is 0.500. The maximum absolute atomic E-state index is 14.4. The van der Waals surface area contributed by atoms with E-state index >= 15 is 0 Å². The third-order valence-corrected chi connectivity index (χ3v) is 7.68. The molecule has 1 aromatic carbocycles. The molecule has 0 radical (unpaired) electrons. The first-order valence-electron chi connectivity index (χ1n) is 10.2. The molecule has 3 N–H and O–H groups in total. The van der Waals surface area contributed by atoms with E-state index < -0.39 is 21.2 Å². The highest BCUT2D eigenvalue weighted by Crippen LogP contribution is 2.33. The minimum atomic E-state index is -3.07. The topological polar surface area (TPSA) is 125 Å². The Morgan fingerprint density at radius 2 is 2.06 bits per heavy atom. The van der Waals surface area contributed by atoms with Crippen molar-refractivity contribution in [1.29, 1.82) is 5.26 Å². The van der Waals surface area contributed by atoms with E-state index in [1.54, 1.807) is 6.92 Å². The molecule has 1 aliphatic heterocycles. The van der Waals surface area contributed by atoms with E-state index in [-0.39, 0.29) is 40.6 Å². The molecule has 1 aliphatic carbocycles. The van der Waals surface area contributed by atoms with Crippen LogP contribution in [0.15, 0.2) is 28.8 Å². The summed E-state index contributed by atoms with van der Waals surface area (Å²) in [7, 11) is -3.07. The number of benzene rings is 1. The van der Waals surface area contributed by atoms with E-state index in [4.69, 9.17) is 11.0 Å². The van der Waals surface area contributed by atoms with Crippen LogP contribution in [0.4, 0.5) is 4.39 Å². The third kappa shape index (κ3) is 5.13. The van der Waals surface area contributed by atoms with Crippen LogP contribution < -0.4 is 11.1 Å². The highest BCUT2D eigenvalue weighted by atomic mass is 32.2. The minimum Gasteiger partial charge on any atom is -0.398 e. The average molecular weight is 447 g/mol. The second-order valence-corrected chi connectivity index (χ2v) is 11.0. The van der Waals surface area contributed by atoms with Crippen LogP contribution in [0.3, 0.4) is 0 Å². The molecule has 0 aromatic heterocycles. The lowest BCUT2D eigenvalue weighted by molar-refractivity contribution is -0.126. The molecule has 2 fully saturated rings. The van der Waals surface area contributed by atoms with E-state index in [9.17, 15) is 17.6 Å². The van der Waals surface area contributed by atoms with Crippen molar-refractivity contribution < 1.29 is 17.6 Å². The lowest BCUT2D eigenvalue weighted by Gasteiger charge is -2.40. The number of sulfone groups is 1. The molecule has 3 rings (SSSR count). The van der Waals surface area contributed by atoms with Gasteiger partial charge in [0.05, 0.1) is 28.7 Å². The van der Waals surface area contributed by atoms with Crippen LogP contribution in [0, 0.1) is 23.1 Å². The number of nitrogens with two attached hydrogens (primary N) is 1. The largest absolute Gasteiger partial charge is 0.398 e. The summed E-state index contributed by atoms with van der Waals surface area (Å²) in [4.78, 5) is 17.5. The van der Waals surface area contributed by atoms with Gasteiger partial charge in [-0.3, -0.25) is 9.79 Å². The SMILES string of the molecule is CC(C)N=C1CC(C(=O)NC2(C)CS(=O)(=O)C2)CCC1=C(N)c1cc(C#N)ccc1F. The smallest absolute Gasteiger partial charge is 0.223 e. The number of hydrogen-bond donors (Lipinski definition) is 2. The van der Waals surface area contributed by atoms with Gasteiger partial charge in [-0.15, -0.1) is 0 Å². The van der Waals surface area contributed by atoms with E-state index in [0.717, 1.165) is 0 Å². The normalized spacial score (nSPS) is 24.9. The number of aliphatic imine (C=N–C) groups is 1. The van der Waals surface area contributed by atoms with Crippen LogP contribution in [0.5, 0.6) is 0 Å². The summed E-state index contributed by atoms with van der Waals surface area (Å²) in [6.07, 6.45) is 1.25. The van der Waals surface area contributed by atoms with E-state index in [2.05, 4.69) is 10.3 Å². The summed E-state index contributed by atoms with van der Waals surface area (Å²) in [5.41, 5.74) is 7.61. The van der Waals surface area contributed by atoms with Gasteiger partial charge in [0, 0.05) is 35.4 Å². The van der Waals surface area contributed by atoms with Gasteiger partial charge in [-0.1, -0.05) is 0 Å². The molecule has 1 atom stereocenters. The summed E-state index contributed by atoms with van der Waals surface area (Å²) in [5.74, 6) is -1.21. The molecular formula is C22H27FN4O3S. The number of halogens is 1. The fourth-order valence-corrected chi connectivity index (χ4v) is 6.24. The van der Waals surface area contributed by atoms with Crippen molar-refractivity contribution in [3.63, 3.8) is 0 Å². The number of rotatable bonds is 4. The Bertz CT molecular complexity index is 1100. The summed E-state index contributed by atoms with van der Waals surface area (Å²) in [6.45, 7) is 5.54. The number of carbonyl (C=O) groups is 1. The van der Waals surface area contributed by atoms with E-state index in [0.29, 0.717) is 36.1 Å². The minimum absolute atomic E-state index is 0.0517. The zero-order valence-corrected chi connectivity index (χ0v) is 18.7. The average Bonchev–Trinajstić information content (AvgIpc) is 2.65. The van der Waals surface area contributed by atoms with Crippen molar-refractivity contribution in [1.82, 2.24) is 5.32 Å². The highest BCUT2D eigenvalue weighted by Gasteiger charge is 2.46. The van der Waals surface area contributed by atoms with Crippen LogP contribution in [-0.4, -0.2) is 43.1 Å². The molecule has 1 saturated heterocycles. The predicted octanol–water partition coefficient (Wildman–Crippen LogP) is 2.32. The Balaban J connectivity index is 1.86. The standard InChI is InChI=1S/C22H27FN4O3S/c1-13(2)26-19-9-15(21(28)27-22(3)11-31(29,30)12-22)5-6-16(19)20(25)17-8-14(10-24)4-7-18(17)23/h4,7-8,13,15H,5-6,9,11-12,25H2,1-3H3,(H,27,28). The Kier molecular flexibility index (Phi) is 6.23. The molecule has 2 aliphatic rings. The highest BCUT2D eigenvalue weighted by molar-refractivity contribution is 7.93. The monoisotopic (exact) mass is 446 g/mol. The molecule has 7 nitrogen and oxygen atoms in total. The Labute approximate surface area is 182 Å². The van der Waals surface area contributed by atoms with Crippen molar-refractivity contribution >= 4 is 27.2 Å². The van der Waals surface area contributed by atoms with Gasteiger partial charge < -0.3 is 11.1 Å². The Morgan fingerprint density at radius 1 is 1.39 bits per heavy atom. The molecule has 1 amide bonds. The molecule has 0 bridgehead atoms. The predicted molar refractivity (Wildman–Crippen MR) is 117 cm³/mol. The molecule has 1 aromatic rings. The van der Waals surface area contributed by atoms with Crippen molar-refractivity contribution in [2.75, 3.05) is 11.5 Å². The summed E-state index contributed by atoms with van der Waals surface area (Å²) < 4.78 is 37.5. The third-order valence-electron chi connectivity index (χ3n) is 5.53. The van der Waals surface area contributed by atoms with Crippen LogP contribution in [-0.2, 0) is 14.6 Å². The Hall–Kier alpha value is -2.73. The quantitative estimate of drug-likeness (QED) is 0.734. The molecule has 1 saturated carbocycles. The Morgan fingerprint density at radius 3 is 2.65 bits per heavy atom. The molecule has 9 heteroatoms. The van der Waals surface area contributed by atoms with Gasteiger partial charge in [0.25, 0.3) is 0 Å². The molecule has 1 unspecified atom stereocenters. The van der Waals surface area contributed by atoms with Gasteiger partial charge in [-0.05, 0) is 57.4 Å². The van der Waals surface area contributed by atoms with Gasteiger partial charge in [0.15, 0.2) is 9.84 Å². The van der Waals surface area contributed by atoms with Crippen LogP contribution in [0.2, 0.25) is 0 Å². The first-order chi connectivity index (χ1) is 14.4. The van der Waals surface area contributed by atoms with Crippen molar-refractivity contribution in [3.05, 3.63) is 40.7 Å². The summed E-state index contributed by atoms with van der Waals surface area (Å²) in [5, 5.41) is 12.0. The number of nitrogens with one attached hydrogen (secondary N) is 1. The molecule has 31 heavy (non-hydrogen) atoms. The van der Waals surface area contributed by atoms with E-state index in [1.807, 2.05) is 19.9 Å². The number of amides is 1. The van der Waals surface area contributed by atoms with Crippen LogP contribution in [0.25, 0.3) is 5.70 Å². The lowest BCUT2D eigenvalue weighted by atomic mass is 9.81. The summed E-state index contributed by atoms with van der Waals surface area (Å²) >= 11 is 0. The van der Waals surface area contributed by atoms with Crippen LogP contribution in [0.1, 0.15) is 51.2 Å². The van der Waals surface area contributed by atoms with Gasteiger partial charge in [-0.2, -0.15) is 5.26 Å². The number of nitrogens with zero attached hydrogens (tertiary/aromatic N) is 2. The first kappa shape index (κ1) is 22.9. The summed E-state index contributed by atoms with van der Waals surface area (Å²) in [6, 6.07) is 5.96. The maximum atomic E-state index is 14.4. The maximum Gasteiger partial charge on any atom is 0.223 e.